The molecule has 0 bridgehead atoms. The molecule has 3 rings (SSSR count). The van der Waals surface area contributed by atoms with Gasteiger partial charge < -0.3 is 10.1 Å². The van der Waals surface area contributed by atoms with E-state index in [2.05, 4.69) is 10.3 Å². The van der Waals surface area contributed by atoms with E-state index < -0.39 is 34.5 Å². The lowest BCUT2D eigenvalue weighted by molar-refractivity contribution is -0.385. The monoisotopic (exact) mass is 424 g/mol. The second kappa shape index (κ2) is 9.16. The van der Waals surface area contributed by atoms with Gasteiger partial charge in [0.05, 0.1) is 29.1 Å². The third kappa shape index (κ3) is 4.92. The number of amides is 1. The molecule has 1 aromatic carbocycles. The predicted octanol–water partition coefficient (Wildman–Crippen LogP) is 2.42. The van der Waals surface area contributed by atoms with Gasteiger partial charge in [0.1, 0.15) is 11.2 Å². The Morgan fingerprint density at radius 1 is 1.19 bits per heavy atom. The molecule has 0 saturated heterocycles. The quantitative estimate of drug-likeness (QED) is 0.350. The van der Waals surface area contributed by atoms with Crippen LogP contribution in [0.5, 0.6) is 0 Å². The molecule has 31 heavy (non-hydrogen) atoms. The average Bonchev–Trinajstić information content (AvgIpc) is 2.73. The summed E-state index contributed by atoms with van der Waals surface area (Å²) in [6.07, 6.45) is 1.86. The number of carbonyl (C=O) groups is 2. The van der Waals surface area contributed by atoms with Gasteiger partial charge in [0, 0.05) is 18.5 Å². The number of aromatic nitrogens is 2. The van der Waals surface area contributed by atoms with Gasteiger partial charge in [-0.3, -0.25) is 28.9 Å². The lowest BCUT2D eigenvalue weighted by Gasteiger charge is -2.19. The summed E-state index contributed by atoms with van der Waals surface area (Å²) in [6, 6.07) is 9.60. The number of ether oxygens (including phenoxy) is 1. The normalized spacial score (nSPS) is 11.8. The van der Waals surface area contributed by atoms with Crippen LogP contribution in [0.4, 0.5) is 5.69 Å². The van der Waals surface area contributed by atoms with E-state index in [0.29, 0.717) is 5.65 Å². The second-order valence-corrected chi connectivity index (χ2v) is 6.99. The van der Waals surface area contributed by atoms with E-state index in [9.17, 15) is 24.5 Å². The van der Waals surface area contributed by atoms with Crippen molar-refractivity contribution in [2.75, 3.05) is 0 Å². The van der Waals surface area contributed by atoms with Gasteiger partial charge in [-0.05, 0) is 26.0 Å². The van der Waals surface area contributed by atoms with Crippen LogP contribution in [0, 0.1) is 10.1 Å². The Balaban J connectivity index is 1.98. The number of nitrogens with zero attached hydrogens (tertiary/aromatic N) is 3. The molecule has 1 amide bonds. The number of nitrogens with one attached hydrogen (secondary N) is 1. The van der Waals surface area contributed by atoms with E-state index in [-0.39, 0.29) is 23.2 Å². The molecule has 10 nitrogen and oxygen atoms in total. The molecular weight excluding hydrogens is 404 g/mol. The number of rotatable bonds is 7. The van der Waals surface area contributed by atoms with Crippen molar-refractivity contribution in [3.05, 3.63) is 86.5 Å². The Kier molecular flexibility index (Phi) is 6.39. The molecule has 0 aliphatic carbocycles. The van der Waals surface area contributed by atoms with E-state index in [1.54, 1.807) is 38.1 Å². The molecule has 0 aliphatic rings. The molecule has 0 aliphatic heterocycles. The average molecular weight is 424 g/mol. The molecule has 3 aromatic rings. The van der Waals surface area contributed by atoms with Crippen LogP contribution in [0.2, 0.25) is 0 Å². The van der Waals surface area contributed by atoms with Crippen molar-refractivity contribution < 1.29 is 19.2 Å². The molecule has 10 heteroatoms. The standard InChI is InChI=1S/C21H20N4O6/c1-13(2)31-19(26)11-16(14-7-3-4-8-17(14)25(29)30)23-20(27)15-12-22-18-9-5-6-10-24(18)21(15)28/h3-10,12-13,16H,11H2,1-2H3,(H,23,27). The molecule has 1 unspecified atom stereocenters. The van der Waals surface area contributed by atoms with E-state index in [0.717, 1.165) is 6.20 Å². The molecule has 160 valence electrons. The fourth-order valence-electron chi connectivity index (χ4n) is 3.08. The maximum Gasteiger partial charge on any atom is 0.308 e. The number of pyridine rings is 1. The Labute approximate surface area is 176 Å². The predicted molar refractivity (Wildman–Crippen MR) is 111 cm³/mol. The first-order chi connectivity index (χ1) is 14.8. The van der Waals surface area contributed by atoms with Crippen molar-refractivity contribution in [2.45, 2.75) is 32.4 Å². The van der Waals surface area contributed by atoms with Crippen molar-refractivity contribution >= 4 is 23.2 Å². The minimum absolute atomic E-state index is 0.121. The Morgan fingerprint density at radius 3 is 2.61 bits per heavy atom. The molecule has 2 aromatic heterocycles. The zero-order valence-corrected chi connectivity index (χ0v) is 16.8. The zero-order chi connectivity index (χ0) is 22.5. The van der Waals surface area contributed by atoms with Gasteiger partial charge in [0.25, 0.3) is 17.2 Å². The van der Waals surface area contributed by atoms with Crippen LogP contribution in [0.3, 0.4) is 0 Å². The highest BCUT2D eigenvalue weighted by Gasteiger charge is 2.28. The summed E-state index contributed by atoms with van der Waals surface area (Å²) in [4.78, 5) is 52.8. The number of benzene rings is 1. The van der Waals surface area contributed by atoms with Crippen molar-refractivity contribution in [3.8, 4) is 0 Å². The number of nitro groups is 1. The van der Waals surface area contributed by atoms with Crippen LogP contribution in [0.15, 0.2) is 59.7 Å². The van der Waals surface area contributed by atoms with Crippen molar-refractivity contribution in [3.63, 3.8) is 0 Å². The van der Waals surface area contributed by atoms with E-state index in [1.807, 2.05) is 0 Å². The lowest BCUT2D eigenvalue weighted by Crippen LogP contribution is -2.35. The Hall–Kier alpha value is -4.08. The topological polar surface area (TPSA) is 133 Å². The van der Waals surface area contributed by atoms with Gasteiger partial charge in [-0.2, -0.15) is 0 Å². The van der Waals surface area contributed by atoms with E-state index in [4.69, 9.17) is 4.74 Å². The van der Waals surface area contributed by atoms with Crippen LogP contribution in [-0.2, 0) is 9.53 Å². The first-order valence-corrected chi connectivity index (χ1v) is 9.48. The summed E-state index contributed by atoms with van der Waals surface area (Å²) < 4.78 is 6.34. The summed E-state index contributed by atoms with van der Waals surface area (Å²) >= 11 is 0. The first kappa shape index (κ1) is 21.6. The number of para-hydroxylation sites is 1. The van der Waals surface area contributed by atoms with Crippen LogP contribution in [0.1, 0.15) is 42.2 Å². The Bertz CT molecular complexity index is 1200. The van der Waals surface area contributed by atoms with E-state index in [1.165, 1.54) is 28.8 Å². The molecule has 2 heterocycles. The summed E-state index contributed by atoms with van der Waals surface area (Å²) in [7, 11) is 0. The second-order valence-electron chi connectivity index (χ2n) is 6.99. The van der Waals surface area contributed by atoms with Gasteiger partial charge in [0.15, 0.2) is 0 Å². The Morgan fingerprint density at radius 2 is 1.90 bits per heavy atom. The molecule has 0 radical (unpaired) electrons. The van der Waals surface area contributed by atoms with Gasteiger partial charge in [-0.25, -0.2) is 4.98 Å². The van der Waals surface area contributed by atoms with Crippen LogP contribution in [0.25, 0.3) is 5.65 Å². The maximum atomic E-state index is 12.9. The minimum atomic E-state index is -1.09. The number of fused-ring (bicyclic) bond motifs is 1. The molecule has 0 spiro atoms. The molecular formula is C21H20N4O6. The number of carbonyl (C=O) groups excluding carboxylic acids is 2. The van der Waals surface area contributed by atoms with Crippen molar-refractivity contribution in [1.29, 1.82) is 0 Å². The SMILES string of the molecule is CC(C)OC(=O)CC(NC(=O)c1cnc2ccccn2c1=O)c1ccccc1[N+](=O)[O-]. The minimum Gasteiger partial charge on any atom is -0.463 e. The highest BCUT2D eigenvalue weighted by atomic mass is 16.6. The first-order valence-electron chi connectivity index (χ1n) is 9.48. The fourth-order valence-corrected chi connectivity index (χ4v) is 3.08. The number of nitro benzene ring substituents is 1. The van der Waals surface area contributed by atoms with Gasteiger partial charge >= 0.3 is 5.97 Å². The molecule has 0 fully saturated rings. The highest BCUT2D eigenvalue weighted by molar-refractivity contribution is 5.94. The molecule has 1 N–H and O–H groups in total. The van der Waals surface area contributed by atoms with Crippen LogP contribution >= 0.6 is 0 Å². The summed E-state index contributed by atoms with van der Waals surface area (Å²) in [6.45, 7) is 3.33. The van der Waals surface area contributed by atoms with Gasteiger partial charge in [0.2, 0.25) is 0 Å². The number of esters is 1. The van der Waals surface area contributed by atoms with E-state index >= 15 is 0 Å². The number of hydrogen-bond acceptors (Lipinski definition) is 7. The lowest BCUT2D eigenvalue weighted by atomic mass is 10.0. The molecule has 0 saturated carbocycles. The third-order valence-corrected chi connectivity index (χ3v) is 4.41. The van der Waals surface area contributed by atoms with Crippen molar-refractivity contribution in [1.82, 2.24) is 14.7 Å². The van der Waals surface area contributed by atoms with Crippen molar-refractivity contribution in [2.24, 2.45) is 0 Å². The van der Waals surface area contributed by atoms with Crippen LogP contribution < -0.4 is 10.9 Å². The number of hydrogen-bond donors (Lipinski definition) is 1. The smallest absolute Gasteiger partial charge is 0.308 e. The summed E-state index contributed by atoms with van der Waals surface area (Å²) in [5.74, 6) is -1.46. The maximum absolute atomic E-state index is 12.9. The third-order valence-electron chi connectivity index (χ3n) is 4.41. The van der Waals surface area contributed by atoms with Gasteiger partial charge in [-0.1, -0.05) is 24.3 Å². The zero-order valence-electron chi connectivity index (χ0n) is 16.8. The summed E-state index contributed by atoms with van der Waals surface area (Å²) in [5.41, 5.74) is -0.646. The fraction of sp³-hybridized carbons (Fsp3) is 0.238. The van der Waals surface area contributed by atoms with Gasteiger partial charge in [-0.15, -0.1) is 0 Å². The largest absolute Gasteiger partial charge is 0.463 e. The summed E-state index contributed by atoms with van der Waals surface area (Å²) in [5, 5.41) is 14.0. The van der Waals surface area contributed by atoms with Crippen LogP contribution in [-0.4, -0.2) is 32.3 Å². The highest BCUT2D eigenvalue weighted by Crippen LogP contribution is 2.27. The molecule has 1 atom stereocenters.